The minimum atomic E-state index is 0.310. The number of aryl methyl sites for hydroxylation is 1. The summed E-state index contributed by atoms with van der Waals surface area (Å²) in [6, 6.07) is 6.48. The first kappa shape index (κ1) is 14.8. The molecule has 1 aromatic carbocycles. The highest BCUT2D eigenvalue weighted by molar-refractivity contribution is 8.01. The summed E-state index contributed by atoms with van der Waals surface area (Å²) in [4.78, 5) is 5.35. The molecule has 0 saturated carbocycles. The van der Waals surface area contributed by atoms with Crippen molar-refractivity contribution in [3.05, 3.63) is 34.6 Å². The third kappa shape index (κ3) is 3.92. The molecule has 0 aliphatic heterocycles. The minimum Gasteiger partial charge on any atom is -0.310 e. The van der Waals surface area contributed by atoms with Crippen LogP contribution < -0.4 is 5.32 Å². The lowest BCUT2D eigenvalue weighted by Gasteiger charge is -2.13. The van der Waals surface area contributed by atoms with Crippen molar-refractivity contribution in [3.8, 4) is 0 Å². The molecule has 6 heteroatoms. The van der Waals surface area contributed by atoms with Crippen molar-refractivity contribution in [2.24, 2.45) is 0 Å². The van der Waals surface area contributed by atoms with Crippen LogP contribution in [0.4, 0.5) is 0 Å². The second kappa shape index (κ2) is 6.70. The highest BCUT2D eigenvalue weighted by Gasteiger charge is 2.10. The number of nitrogens with one attached hydrogen (secondary N) is 1. The molecule has 19 heavy (non-hydrogen) atoms. The Morgan fingerprint density at radius 3 is 2.84 bits per heavy atom. The fourth-order valence-corrected chi connectivity index (χ4v) is 3.62. The molecule has 2 aromatic rings. The van der Waals surface area contributed by atoms with Gasteiger partial charge < -0.3 is 5.32 Å². The zero-order chi connectivity index (χ0) is 13.8. The van der Waals surface area contributed by atoms with Crippen LogP contribution in [0, 0.1) is 6.92 Å². The van der Waals surface area contributed by atoms with Crippen LogP contribution in [0.25, 0.3) is 0 Å². The van der Waals surface area contributed by atoms with Gasteiger partial charge in [0, 0.05) is 10.9 Å². The Balaban J connectivity index is 2.15. The van der Waals surface area contributed by atoms with Gasteiger partial charge in [-0.15, -0.1) is 0 Å². The summed E-state index contributed by atoms with van der Waals surface area (Å²) < 4.78 is 5.09. The molecule has 0 spiro atoms. The Kier molecular flexibility index (Phi) is 5.21. The molecule has 1 N–H and O–H groups in total. The fourth-order valence-electron chi connectivity index (χ4n) is 1.71. The fraction of sp³-hybridized carbons (Fsp3) is 0.385. The van der Waals surface area contributed by atoms with Crippen LogP contribution in [0.15, 0.2) is 27.4 Å². The van der Waals surface area contributed by atoms with Crippen LogP contribution in [0.1, 0.15) is 31.3 Å². The zero-order valence-corrected chi connectivity index (χ0v) is 13.5. The average molecular weight is 314 g/mol. The first-order valence-corrected chi connectivity index (χ1v) is 8.08. The predicted octanol–water partition coefficient (Wildman–Crippen LogP) is 4.32. The highest BCUT2D eigenvalue weighted by atomic mass is 35.5. The van der Waals surface area contributed by atoms with E-state index in [9.17, 15) is 0 Å². The smallest absolute Gasteiger partial charge is 0.174 e. The molecule has 0 radical (unpaired) electrons. The molecule has 1 atom stereocenters. The SMILES string of the molecule is CCNC(C)c1ccc(Sc2nc(C)ns2)c(Cl)c1. The largest absolute Gasteiger partial charge is 0.310 e. The van der Waals surface area contributed by atoms with Crippen LogP contribution in [-0.4, -0.2) is 15.9 Å². The lowest BCUT2D eigenvalue weighted by Crippen LogP contribution is -2.17. The standard InChI is InChI=1S/C13H16ClN3S2/c1-4-15-8(2)10-5-6-12(11(14)7-10)18-13-16-9(3)17-19-13/h5-8,15H,4H2,1-3H3. The van der Waals surface area contributed by atoms with Crippen LogP contribution in [0.2, 0.25) is 5.02 Å². The Hall–Kier alpha value is -0.620. The number of benzene rings is 1. The van der Waals surface area contributed by atoms with E-state index in [0.29, 0.717) is 6.04 Å². The third-order valence-corrected chi connectivity index (χ3v) is 5.02. The molecular formula is C13H16ClN3S2. The molecule has 1 unspecified atom stereocenters. The maximum absolute atomic E-state index is 6.34. The van der Waals surface area contributed by atoms with Crippen LogP contribution in [0.5, 0.6) is 0 Å². The molecule has 1 heterocycles. The highest BCUT2D eigenvalue weighted by Crippen LogP contribution is 2.35. The van der Waals surface area contributed by atoms with E-state index in [0.717, 1.165) is 26.6 Å². The summed E-state index contributed by atoms with van der Waals surface area (Å²) in [5.74, 6) is 0.806. The number of halogens is 1. The molecule has 0 aliphatic rings. The number of hydrogen-bond acceptors (Lipinski definition) is 5. The van der Waals surface area contributed by atoms with Gasteiger partial charge in [0.2, 0.25) is 0 Å². The lowest BCUT2D eigenvalue weighted by molar-refractivity contribution is 0.598. The van der Waals surface area contributed by atoms with E-state index in [1.807, 2.05) is 19.1 Å². The van der Waals surface area contributed by atoms with Gasteiger partial charge >= 0.3 is 0 Å². The molecule has 0 fully saturated rings. The summed E-state index contributed by atoms with van der Waals surface area (Å²) in [6.07, 6.45) is 0. The van der Waals surface area contributed by atoms with E-state index in [-0.39, 0.29) is 0 Å². The number of hydrogen-bond donors (Lipinski definition) is 1. The van der Waals surface area contributed by atoms with E-state index in [4.69, 9.17) is 11.6 Å². The van der Waals surface area contributed by atoms with Gasteiger partial charge in [0.1, 0.15) is 5.82 Å². The molecule has 0 aliphatic carbocycles. The van der Waals surface area contributed by atoms with Crippen molar-refractivity contribution in [2.75, 3.05) is 6.54 Å². The van der Waals surface area contributed by atoms with Crippen LogP contribution in [0.3, 0.4) is 0 Å². The molecule has 2 rings (SSSR count). The van der Waals surface area contributed by atoms with E-state index >= 15 is 0 Å². The molecular weight excluding hydrogens is 298 g/mol. The molecule has 3 nitrogen and oxygen atoms in total. The number of rotatable bonds is 5. The van der Waals surface area contributed by atoms with Crippen molar-refractivity contribution in [3.63, 3.8) is 0 Å². The Bertz CT molecular complexity index is 557. The Morgan fingerprint density at radius 2 is 2.26 bits per heavy atom. The number of nitrogens with zero attached hydrogens (tertiary/aromatic N) is 2. The Morgan fingerprint density at radius 1 is 1.47 bits per heavy atom. The van der Waals surface area contributed by atoms with E-state index in [2.05, 4.69) is 34.6 Å². The summed E-state index contributed by atoms with van der Waals surface area (Å²) >= 11 is 9.30. The van der Waals surface area contributed by atoms with Gasteiger partial charge in [-0.25, -0.2) is 4.98 Å². The zero-order valence-electron chi connectivity index (χ0n) is 11.1. The van der Waals surface area contributed by atoms with E-state index in [1.165, 1.54) is 17.1 Å². The van der Waals surface area contributed by atoms with Gasteiger partial charge in [-0.2, -0.15) is 4.37 Å². The van der Waals surface area contributed by atoms with Crippen LogP contribution >= 0.6 is 34.9 Å². The predicted molar refractivity (Wildman–Crippen MR) is 82.3 cm³/mol. The molecule has 0 saturated heterocycles. The van der Waals surface area contributed by atoms with Crippen LogP contribution in [-0.2, 0) is 0 Å². The average Bonchev–Trinajstić information content (AvgIpc) is 2.78. The summed E-state index contributed by atoms with van der Waals surface area (Å²) in [5, 5.41) is 4.14. The molecule has 102 valence electrons. The third-order valence-electron chi connectivity index (χ3n) is 2.67. The van der Waals surface area contributed by atoms with Crippen molar-refractivity contribution in [2.45, 2.75) is 36.0 Å². The van der Waals surface area contributed by atoms with Crippen molar-refractivity contribution >= 4 is 34.9 Å². The summed E-state index contributed by atoms with van der Waals surface area (Å²) in [7, 11) is 0. The lowest BCUT2D eigenvalue weighted by atomic mass is 10.1. The van der Waals surface area contributed by atoms with E-state index in [1.54, 1.807) is 11.8 Å². The molecule has 0 amide bonds. The van der Waals surface area contributed by atoms with E-state index < -0.39 is 0 Å². The topological polar surface area (TPSA) is 37.8 Å². The van der Waals surface area contributed by atoms with Gasteiger partial charge in [0.25, 0.3) is 0 Å². The molecule has 1 aromatic heterocycles. The number of aromatic nitrogens is 2. The van der Waals surface area contributed by atoms with Gasteiger partial charge in [0.05, 0.1) is 5.02 Å². The quantitative estimate of drug-likeness (QED) is 0.892. The maximum Gasteiger partial charge on any atom is 0.174 e. The normalized spacial score (nSPS) is 12.6. The summed E-state index contributed by atoms with van der Waals surface area (Å²) in [5.41, 5.74) is 1.20. The van der Waals surface area contributed by atoms with Gasteiger partial charge in [-0.3, -0.25) is 0 Å². The summed E-state index contributed by atoms with van der Waals surface area (Å²) in [6.45, 7) is 7.07. The minimum absolute atomic E-state index is 0.310. The van der Waals surface area contributed by atoms with Gasteiger partial charge in [0.15, 0.2) is 4.34 Å². The monoisotopic (exact) mass is 313 g/mol. The molecule has 0 bridgehead atoms. The Labute approximate surface area is 127 Å². The maximum atomic E-state index is 6.34. The second-order valence-corrected chi connectivity index (χ2v) is 6.63. The first-order chi connectivity index (χ1) is 9.10. The van der Waals surface area contributed by atoms with Crippen molar-refractivity contribution in [1.82, 2.24) is 14.7 Å². The van der Waals surface area contributed by atoms with Gasteiger partial charge in [-0.05, 0) is 49.6 Å². The van der Waals surface area contributed by atoms with Crippen molar-refractivity contribution < 1.29 is 0 Å². The first-order valence-electron chi connectivity index (χ1n) is 6.11. The van der Waals surface area contributed by atoms with Crippen molar-refractivity contribution in [1.29, 1.82) is 0 Å². The van der Waals surface area contributed by atoms with Gasteiger partial charge in [-0.1, -0.05) is 36.4 Å². The second-order valence-electron chi connectivity index (χ2n) is 4.18.